The van der Waals surface area contributed by atoms with Gasteiger partial charge in [-0.1, -0.05) is 6.92 Å². The van der Waals surface area contributed by atoms with Crippen LogP contribution < -0.4 is 4.74 Å². The van der Waals surface area contributed by atoms with Crippen LogP contribution in [-0.4, -0.2) is 74.8 Å². The van der Waals surface area contributed by atoms with Crippen LogP contribution in [0.5, 0.6) is 5.75 Å². The maximum Gasteiger partial charge on any atom is 0.387 e. The van der Waals surface area contributed by atoms with Crippen molar-refractivity contribution in [2.24, 2.45) is 0 Å². The number of hydrogen-bond donors (Lipinski definition) is 0. The summed E-state index contributed by atoms with van der Waals surface area (Å²) in [6.45, 7) is 7.18. The molecule has 0 radical (unpaired) electrons. The summed E-state index contributed by atoms with van der Waals surface area (Å²) in [7, 11) is 0. The summed E-state index contributed by atoms with van der Waals surface area (Å²) < 4.78 is 31.5. The topological polar surface area (TPSA) is 76.4 Å². The fourth-order valence-corrected chi connectivity index (χ4v) is 3.89. The van der Waals surface area contributed by atoms with Gasteiger partial charge in [-0.25, -0.2) is 0 Å². The quantitative estimate of drug-likeness (QED) is 0.580. The molecule has 1 fully saturated rings. The highest BCUT2D eigenvalue weighted by atomic mass is 19.3. The van der Waals surface area contributed by atoms with Crippen molar-refractivity contribution in [1.82, 2.24) is 29.5 Å². The molecule has 0 aromatic carbocycles. The first kappa shape index (κ1) is 22.1. The van der Waals surface area contributed by atoms with E-state index >= 15 is 0 Å². The predicted octanol–water partition coefficient (Wildman–Crippen LogP) is 3.45. The first-order chi connectivity index (χ1) is 15.4. The Hall–Kier alpha value is -3.14. The van der Waals surface area contributed by atoms with E-state index in [4.69, 9.17) is 0 Å². The monoisotopic (exact) mass is 444 g/mol. The zero-order valence-electron chi connectivity index (χ0n) is 18.3. The Kier molecular flexibility index (Phi) is 6.31. The van der Waals surface area contributed by atoms with E-state index in [1.165, 1.54) is 18.5 Å². The van der Waals surface area contributed by atoms with Gasteiger partial charge in [-0.2, -0.15) is 13.9 Å². The molecule has 0 bridgehead atoms. The van der Waals surface area contributed by atoms with E-state index in [9.17, 15) is 13.6 Å². The van der Waals surface area contributed by atoms with E-state index in [0.29, 0.717) is 40.9 Å². The zero-order chi connectivity index (χ0) is 22.8. The molecule has 1 saturated heterocycles. The van der Waals surface area contributed by atoms with Crippen LogP contribution in [0.15, 0.2) is 30.7 Å². The van der Waals surface area contributed by atoms with Crippen molar-refractivity contribution in [1.29, 1.82) is 0 Å². The maximum absolute atomic E-state index is 13.1. The molecule has 8 nitrogen and oxygen atoms in total. The Balaban J connectivity index is 1.70. The molecule has 3 aromatic rings. The lowest BCUT2D eigenvalue weighted by molar-refractivity contribution is -0.0500. The molecule has 3 aromatic heterocycles. The molecule has 0 saturated carbocycles. The van der Waals surface area contributed by atoms with E-state index in [1.807, 2.05) is 18.7 Å². The number of hydrogen-bond acceptors (Lipinski definition) is 6. The van der Waals surface area contributed by atoms with E-state index < -0.39 is 6.61 Å². The van der Waals surface area contributed by atoms with Crippen LogP contribution in [-0.2, 0) is 0 Å². The van der Waals surface area contributed by atoms with Gasteiger partial charge in [-0.15, -0.1) is 0 Å². The summed E-state index contributed by atoms with van der Waals surface area (Å²) in [5, 5.41) is 4.65. The van der Waals surface area contributed by atoms with Crippen molar-refractivity contribution in [2.75, 3.05) is 32.7 Å². The number of alkyl halides is 2. The van der Waals surface area contributed by atoms with E-state index in [0.717, 1.165) is 19.6 Å². The van der Waals surface area contributed by atoms with Gasteiger partial charge in [-0.3, -0.25) is 19.4 Å². The third-order valence-electron chi connectivity index (χ3n) is 5.60. The third-order valence-corrected chi connectivity index (χ3v) is 5.60. The van der Waals surface area contributed by atoms with Crippen LogP contribution in [0.3, 0.4) is 0 Å². The number of rotatable bonds is 6. The number of pyridine rings is 2. The van der Waals surface area contributed by atoms with Crippen LogP contribution in [0.2, 0.25) is 0 Å². The number of amides is 1. The number of carbonyl (C=O) groups excluding carboxylic acids is 1. The van der Waals surface area contributed by atoms with Crippen LogP contribution >= 0.6 is 0 Å². The van der Waals surface area contributed by atoms with Gasteiger partial charge in [0.05, 0.1) is 17.3 Å². The second-order valence-electron chi connectivity index (χ2n) is 7.99. The minimum Gasteiger partial charge on any atom is -0.433 e. The molecule has 10 heteroatoms. The fraction of sp³-hybridized carbons (Fsp3) is 0.455. The van der Waals surface area contributed by atoms with Gasteiger partial charge in [-0.05, 0) is 32.5 Å². The predicted molar refractivity (Wildman–Crippen MR) is 116 cm³/mol. The maximum atomic E-state index is 13.1. The van der Waals surface area contributed by atoms with Gasteiger partial charge in [0.25, 0.3) is 5.91 Å². The number of halogens is 2. The van der Waals surface area contributed by atoms with E-state index in [-0.39, 0.29) is 17.7 Å². The molecule has 32 heavy (non-hydrogen) atoms. The average molecular weight is 444 g/mol. The molecule has 0 spiro atoms. The van der Waals surface area contributed by atoms with E-state index in [1.54, 1.807) is 16.9 Å². The smallest absolute Gasteiger partial charge is 0.387 e. The molecule has 0 atom stereocenters. The van der Waals surface area contributed by atoms with Crippen molar-refractivity contribution < 1.29 is 18.3 Å². The minimum atomic E-state index is -2.94. The van der Waals surface area contributed by atoms with Crippen LogP contribution in [0, 0.1) is 0 Å². The molecule has 0 N–H and O–H groups in total. The molecule has 0 aliphatic carbocycles. The van der Waals surface area contributed by atoms with Crippen LogP contribution in [0.1, 0.15) is 37.2 Å². The number of fused-ring (bicyclic) bond motifs is 1. The Bertz CT molecular complexity index is 1110. The molecule has 1 aliphatic heterocycles. The molecule has 170 valence electrons. The van der Waals surface area contributed by atoms with Crippen molar-refractivity contribution >= 4 is 16.9 Å². The van der Waals surface area contributed by atoms with Crippen molar-refractivity contribution in [3.63, 3.8) is 0 Å². The van der Waals surface area contributed by atoms with Crippen LogP contribution in [0.25, 0.3) is 22.3 Å². The van der Waals surface area contributed by atoms with Gasteiger partial charge in [0, 0.05) is 50.2 Å². The molecule has 4 heterocycles. The van der Waals surface area contributed by atoms with Gasteiger partial charge in [0.1, 0.15) is 17.0 Å². The molecule has 0 unspecified atom stereocenters. The van der Waals surface area contributed by atoms with Crippen molar-refractivity contribution in [3.8, 4) is 17.0 Å². The second-order valence-corrected chi connectivity index (χ2v) is 7.99. The number of likely N-dealkylation sites (N-methyl/N-ethyl adjacent to an activating group) is 1. The number of carbonyl (C=O) groups is 1. The van der Waals surface area contributed by atoms with Gasteiger partial charge >= 0.3 is 6.61 Å². The standard InChI is InChI=1S/C22H26F2N6O2/c1-4-28-5-7-29(8-6-28)21(31)16-10-18-20(26-12-16)19(27-30(18)14(2)3)15-9-17(13-25-11-15)32-22(23)24/h9-14,22H,4-8H2,1-3H3. The first-order valence-electron chi connectivity index (χ1n) is 10.7. The van der Waals surface area contributed by atoms with Crippen molar-refractivity contribution in [2.45, 2.75) is 33.4 Å². The summed E-state index contributed by atoms with van der Waals surface area (Å²) in [6.07, 6.45) is 4.30. The highest BCUT2D eigenvalue weighted by Gasteiger charge is 2.24. The second kappa shape index (κ2) is 9.15. The Morgan fingerprint density at radius 3 is 2.53 bits per heavy atom. The summed E-state index contributed by atoms with van der Waals surface area (Å²) in [4.78, 5) is 25.8. The number of aromatic nitrogens is 4. The van der Waals surface area contributed by atoms with Crippen molar-refractivity contribution in [3.05, 3.63) is 36.3 Å². The Labute approximate surface area is 184 Å². The summed E-state index contributed by atoms with van der Waals surface area (Å²) >= 11 is 0. The summed E-state index contributed by atoms with van der Waals surface area (Å²) in [5.41, 5.74) is 2.78. The lowest BCUT2D eigenvalue weighted by Gasteiger charge is -2.34. The SMILES string of the molecule is CCN1CCN(C(=O)c2cnc3c(-c4cncc(OC(F)F)c4)nn(C(C)C)c3c2)CC1. The Morgan fingerprint density at radius 1 is 1.12 bits per heavy atom. The van der Waals surface area contributed by atoms with Gasteiger partial charge in [0.15, 0.2) is 0 Å². The fourth-order valence-electron chi connectivity index (χ4n) is 3.89. The normalized spacial score (nSPS) is 15.2. The van der Waals surface area contributed by atoms with E-state index in [2.05, 4.69) is 31.6 Å². The molecule has 1 aliphatic rings. The Morgan fingerprint density at radius 2 is 1.88 bits per heavy atom. The lowest BCUT2D eigenvalue weighted by Crippen LogP contribution is -2.48. The third kappa shape index (κ3) is 4.40. The van der Waals surface area contributed by atoms with Gasteiger partial charge in [0.2, 0.25) is 0 Å². The molecular weight excluding hydrogens is 418 g/mol. The number of piperazine rings is 1. The highest BCUT2D eigenvalue weighted by molar-refractivity contribution is 5.99. The molecule has 1 amide bonds. The summed E-state index contributed by atoms with van der Waals surface area (Å²) in [5.74, 6) is -0.107. The molecular formula is C22H26F2N6O2. The average Bonchev–Trinajstić information content (AvgIpc) is 3.17. The van der Waals surface area contributed by atoms with Crippen LogP contribution in [0.4, 0.5) is 8.78 Å². The first-order valence-corrected chi connectivity index (χ1v) is 10.7. The summed E-state index contributed by atoms with van der Waals surface area (Å²) in [6, 6.07) is 3.26. The zero-order valence-corrected chi connectivity index (χ0v) is 18.3. The minimum absolute atomic E-state index is 0.0000398. The highest BCUT2D eigenvalue weighted by Crippen LogP contribution is 2.30. The lowest BCUT2D eigenvalue weighted by atomic mass is 10.1. The van der Waals surface area contributed by atoms with Gasteiger partial charge < -0.3 is 14.5 Å². The molecule has 4 rings (SSSR count). The number of nitrogens with zero attached hydrogens (tertiary/aromatic N) is 6. The number of ether oxygens (including phenoxy) is 1. The largest absolute Gasteiger partial charge is 0.433 e.